The van der Waals surface area contributed by atoms with Crippen LogP contribution >= 0.6 is 0 Å². The van der Waals surface area contributed by atoms with Crippen LogP contribution in [0, 0.1) is 0 Å². The van der Waals surface area contributed by atoms with Crippen molar-refractivity contribution in [3.05, 3.63) is 206 Å². The van der Waals surface area contributed by atoms with Gasteiger partial charge in [-0.1, -0.05) is 188 Å². The second-order valence-electron chi connectivity index (χ2n) is 16.0. The minimum Gasteiger partial charge on any atom is -0.228 e. The van der Waals surface area contributed by atoms with Crippen LogP contribution in [0.3, 0.4) is 0 Å². The molecule has 60 heavy (non-hydrogen) atoms. The van der Waals surface area contributed by atoms with Crippen molar-refractivity contribution < 1.29 is 0 Å². The van der Waals surface area contributed by atoms with E-state index in [2.05, 4.69) is 194 Å². The van der Waals surface area contributed by atoms with Gasteiger partial charge in [0.2, 0.25) is 0 Å². The van der Waals surface area contributed by atoms with Crippen molar-refractivity contribution >= 4 is 86.3 Å². The van der Waals surface area contributed by atoms with Crippen molar-refractivity contribution in [1.82, 2.24) is 9.97 Å². The van der Waals surface area contributed by atoms with E-state index in [-0.39, 0.29) is 0 Å². The Balaban J connectivity index is 1.000. The van der Waals surface area contributed by atoms with Crippen LogP contribution in [0.2, 0.25) is 0 Å². The zero-order valence-corrected chi connectivity index (χ0v) is 32.5. The van der Waals surface area contributed by atoms with Crippen molar-refractivity contribution in [2.45, 2.75) is 0 Å². The second-order valence-corrected chi connectivity index (χ2v) is 16.0. The molecule has 276 valence electrons. The minimum absolute atomic E-state index is 0.724. The molecule has 1 heterocycles. The van der Waals surface area contributed by atoms with E-state index in [1.165, 1.54) is 92.1 Å². The summed E-state index contributed by atoms with van der Waals surface area (Å²) in [6, 6.07) is 75.4. The molecule has 0 aliphatic rings. The van der Waals surface area contributed by atoms with E-state index in [0.29, 0.717) is 0 Å². The second kappa shape index (κ2) is 12.8. The average molecular weight is 759 g/mol. The van der Waals surface area contributed by atoms with Gasteiger partial charge in [-0.3, -0.25) is 0 Å². The molecule has 2 nitrogen and oxygen atoms in total. The van der Waals surface area contributed by atoms with E-state index in [1.807, 2.05) is 12.1 Å². The number of hydrogen-bond donors (Lipinski definition) is 0. The summed E-state index contributed by atoms with van der Waals surface area (Å²) < 4.78 is 0. The summed E-state index contributed by atoms with van der Waals surface area (Å²) in [5, 5.41) is 19.0. The predicted octanol–water partition coefficient (Wildman–Crippen LogP) is 15.8. The van der Waals surface area contributed by atoms with Crippen LogP contribution in [0.1, 0.15) is 0 Å². The smallest absolute Gasteiger partial charge is 0.160 e. The highest BCUT2D eigenvalue weighted by Crippen LogP contribution is 2.45. The standard InChI is InChI=1S/C58H34N2/c1-2-11-39(12-3-1)57-50-18-6-7-22-52(50)59-58(60-57)40-28-23-35(24-29-40)43-31-32-44(46-17-5-4-16-45(43)46)42-33-41-30-27-38-14-9-20-48-47-19-8-13-36-25-26-37-15-10-21-49(55(37)53(36)47)51(34-42)56(41)54(38)48/h1-34H. The molecule has 13 rings (SSSR count). The fourth-order valence-corrected chi connectivity index (χ4v) is 10.1. The van der Waals surface area contributed by atoms with Gasteiger partial charge in [0.25, 0.3) is 0 Å². The van der Waals surface area contributed by atoms with Crippen molar-refractivity contribution in [2.24, 2.45) is 0 Å². The maximum absolute atomic E-state index is 5.13. The minimum atomic E-state index is 0.724. The maximum Gasteiger partial charge on any atom is 0.160 e. The number of nitrogens with zero attached hydrogens (tertiary/aromatic N) is 2. The van der Waals surface area contributed by atoms with Gasteiger partial charge in [0.1, 0.15) is 0 Å². The fraction of sp³-hybridized carbons (Fsp3) is 0. The Labute approximate surface area is 346 Å². The summed E-state index contributed by atoms with van der Waals surface area (Å²) in [6.07, 6.45) is 0. The molecule has 0 spiro atoms. The molecule has 0 saturated heterocycles. The monoisotopic (exact) mass is 758 g/mol. The van der Waals surface area contributed by atoms with Crippen molar-refractivity contribution in [2.75, 3.05) is 0 Å². The van der Waals surface area contributed by atoms with Crippen LogP contribution in [-0.2, 0) is 0 Å². The molecule has 1 aromatic heterocycles. The number of hydrogen-bond acceptors (Lipinski definition) is 2. The van der Waals surface area contributed by atoms with Crippen LogP contribution < -0.4 is 0 Å². The first-order chi connectivity index (χ1) is 29.7. The van der Waals surface area contributed by atoms with Gasteiger partial charge in [0.05, 0.1) is 11.2 Å². The van der Waals surface area contributed by atoms with Gasteiger partial charge in [-0.25, -0.2) is 9.97 Å². The summed E-state index contributed by atoms with van der Waals surface area (Å²) in [4.78, 5) is 10.1. The van der Waals surface area contributed by atoms with Gasteiger partial charge in [-0.05, 0) is 116 Å². The lowest BCUT2D eigenvalue weighted by atomic mass is 9.85. The SMILES string of the molecule is c1ccc(-c2nc(-c3ccc(-c4ccc(-c5cc6ccc7cccc8c9cccc%10ccc%11cccc(c(c5)c6c78)c%11c%109)c5ccccc45)cc3)nc3ccccc23)cc1. The Morgan fingerprint density at radius 3 is 1.37 bits per heavy atom. The lowest BCUT2D eigenvalue weighted by Crippen LogP contribution is -1.95. The zero-order valence-electron chi connectivity index (χ0n) is 32.5. The molecule has 0 N–H and O–H groups in total. The van der Waals surface area contributed by atoms with E-state index >= 15 is 0 Å². The molecule has 0 atom stereocenters. The van der Waals surface area contributed by atoms with E-state index < -0.39 is 0 Å². The Morgan fingerprint density at radius 1 is 0.250 bits per heavy atom. The van der Waals surface area contributed by atoms with E-state index in [1.54, 1.807) is 0 Å². The Bertz CT molecular complexity index is 3860. The molecular formula is C58H34N2. The van der Waals surface area contributed by atoms with Gasteiger partial charge in [0.15, 0.2) is 5.82 Å². The predicted molar refractivity (Wildman–Crippen MR) is 255 cm³/mol. The van der Waals surface area contributed by atoms with Gasteiger partial charge in [0, 0.05) is 16.5 Å². The van der Waals surface area contributed by atoms with Gasteiger partial charge in [-0.2, -0.15) is 0 Å². The largest absolute Gasteiger partial charge is 0.228 e. The van der Waals surface area contributed by atoms with Crippen molar-refractivity contribution in [3.63, 3.8) is 0 Å². The average Bonchev–Trinajstić information content (AvgIpc) is 3.32. The first kappa shape index (κ1) is 33.1. The van der Waals surface area contributed by atoms with Gasteiger partial charge in [-0.15, -0.1) is 0 Å². The van der Waals surface area contributed by atoms with E-state index in [4.69, 9.17) is 9.97 Å². The molecule has 12 aromatic carbocycles. The quantitative estimate of drug-likeness (QED) is 0.167. The molecule has 0 unspecified atom stereocenters. The lowest BCUT2D eigenvalue weighted by molar-refractivity contribution is 1.23. The van der Waals surface area contributed by atoms with Crippen LogP contribution in [0.15, 0.2) is 206 Å². The molecule has 2 heteroatoms. The summed E-state index contributed by atoms with van der Waals surface area (Å²) in [7, 11) is 0. The first-order valence-electron chi connectivity index (χ1n) is 20.6. The molecule has 0 aliphatic carbocycles. The third kappa shape index (κ3) is 4.88. The Morgan fingerprint density at radius 2 is 0.733 bits per heavy atom. The topological polar surface area (TPSA) is 25.8 Å². The highest BCUT2D eigenvalue weighted by Gasteiger charge is 2.18. The third-order valence-electron chi connectivity index (χ3n) is 12.8. The van der Waals surface area contributed by atoms with Crippen LogP contribution in [0.5, 0.6) is 0 Å². The normalized spacial score (nSPS) is 12.0. The molecular weight excluding hydrogens is 725 g/mol. The number of aromatic nitrogens is 2. The fourth-order valence-electron chi connectivity index (χ4n) is 10.1. The summed E-state index contributed by atoms with van der Waals surface area (Å²) in [5.41, 5.74) is 8.75. The highest BCUT2D eigenvalue weighted by atomic mass is 14.9. The Hall–Kier alpha value is -7.94. The lowest BCUT2D eigenvalue weighted by Gasteiger charge is -2.18. The number of para-hydroxylation sites is 1. The third-order valence-corrected chi connectivity index (χ3v) is 12.8. The van der Waals surface area contributed by atoms with Crippen molar-refractivity contribution in [1.29, 1.82) is 0 Å². The van der Waals surface area contributed by atoms with Gasteiger partial charge < -0.3 is 0 Å². The van der Waals surface area contributed by atoms with E-state index in [9.17, 15) is 0 Å². The van der Waals surface area contributed by atoms with E-state index in [0.717, 1.165) is 39.1 Å². The molecule has 0 radical (unpaired) electrons. The molecule has 0 saturated carbocycles. The van der Waals surface area contributed by atoms with Gasteiger partial charge >= 0.3 is 0 Å². The van der Waals surface area contributed by atoms with Crippen molar-refractivity contribution in [3.8, 4) is 44.9 Å². The van der Waals surface area contributed by atoms with Crippen LogP contribution in [-0.4, -0.2) is 9.97 Å². The molecule has 0 aliphatic heterocycles. The number of benzene rings is 11. The summed E-state index contributed by atoms with van der Waals surface area (Å²) >= 11 is 0. The molecule has 13 aromatic rings. The summed E-state index contributed by atoms with van der Waals surface area (Å²) in [5.74, 6) is 0.724. The molecule has 0 bridgehead atoms. The number of fused-ring (bicyclic) bond motifs is 4. The Kier molecular flexibility index (Phi) is 7.05. The highest BCUT2D eigenvalue weighted by molar-refractivity contribution is 6.37. The summed E-state index contributed by atoms with van der Waals surface area (Å²) in [6.45, 7) is 0. The molecule has 0 amide bonds. The van der Waals surface area contributed by atoms with Crippen LogP contribution in [0.4, 0.5) is 0 Å². The number of rotatable bonds is 4. The maximum atomic E-state index is 5.13. The zero-order chi connectivity index (χ0) is 39.3. The van der Waals surface area contributed by atoms with Crippen LogP contribution in [0.25, 0.3) is 131 Å². The first-order valence-corrected chi connectivity index (χ1v) is 20.6. The molecule has 0 fully saturated rings.